The van der Waals surface area contributed by atoms with E-state index in [-0.39, 0.29) is 11.9 Å². The minimum absolute atomic E-state index is 0.204. The van der Waals surface area contributed by atoms with Gasteiger partial charge in [0.2, 0.25) is 5.95 Å². The van der Waals surface area contributed by atoms with E-state index >= 15 is 0 Å². The lowest BCUT2D eigenvalue weighted by Crippen LogP contribution is -2.32. The van der Waals surface area contributed by atoms with Crippen molar-refractivity contribution >= 4 is 28.3 Å². The van der Waals surface area contributed by atoms with Crippen molar-refractivity contribution in [2.24, 2.45) is 7.05 Å². The number of imidazole rings is 1. The third kappa shape index (κ3) is 2.99. The molecule has 0 spiro atoms. The Balaban J connectivity index is 1.32. The molecule has 1 amide bonds. The van der Waals surface area contributed by atoms with Crippen molar-refractivity contribution in [3.05, 3.63) is 66.6 Å². The maximum absolute atomic E-state index is 13.3. The van der Waals surface area contributed by atoms with E-state index in [1.807, 2.05) is 37.6 Å². The zero-order valence-corrected chi connectivity index (χ0v) is 18.0. The minimum atomic E-state index is -0.215. The van der Waals surface area contributed by atoms with Crippen molar-refractivity contribution in [3.63, 3.8) is 0 Å². The lowest BCUT2D eigenvalue weighted by atomic mass is 10.0. The second-order valence-corrected chi connectivity index (χ2v) is 8.10. The molecule has 0 bridgehead atoms. The highest BCUT2D eigenvalue weighted by atomic mass is 16.5. The number of fused-ring (bicyclic) bond motifs is 4. The summed E-state index contributed by atoms with van der Waals surface area (Å²) in [5.74, 6) is 0.885. The van der Waals surface area contributed by atoms with Crippen LogP contribution in [-0.2, 0) is 7.05 Å². The van der Waals surface area contributed by atoms with Crippen molar-refractivity contribution < 1.29 is 9.53 Å². The largest absolute Gasteiger partial charge is 0.491 e. The highest BCUT2D eigenvalue weighted by molar-refractivity contribution is 6.00. The summed E-state index contributed by atoms with van der Waals surface area (Å²) in [6.07, 6.45) is 8.63. The lowest BCUT2D eigenvalue weighted by molar-refractivity contribution is 0.0703. The summed E-state index contributed by atoms with van der Waals surface area (Å²) in [5, 5.41) is 4.99. The molecule has 1 atom stereocenters. The normalized spacial score (nSPS) is 15.0. The molecule has 4 aromatic heterocycles. The van der Waals surface area contributed by atoms with Gasteiger partial charge in [0.15, 0.2) is 0 Å². The molecule has 0 radical (unpaired) electrons. The van der Waals surface area contributed by atoms with Gasteiger partial charge in [0.25, 0.3) is 5.91 Å². The number of amides is 1. The van der Waals surface area contributed by atoms with Gasteiger partial charge >= 0.3 is 0 Å². The van der Waals surface area contributed by atoms with Crippen LogP contribution in [0.2, 0.25) is 0 Å². The molecular weight excluding hydrogens is 420 g/mol. The molecular formula is C23H20N8O2. The van der Waals surface area contributed by atoms with Crippen LogP contribution in [0.1, 0.15) is 22.1 Å². The van der Waals surface area contributed by atoms with Gasteiger partial charge in [0.1, 0.15) is 24.4 Å². The number of ether oxygens (including phenoxy) is 1. The summed E-state index contributed by atoms with van der Waals surface area (Å²) in [6, 6.07) is 7.55. The predicted molar refractivity (Wildman–Crippen MR) is 122 cm³/mol. The first kappa shape index (κ1) is 19.2. The number of anilines is 1. The summed E-state index contributed by atoms with van der Waals surface area (Å²) in [7, 11) is 3.65. The van der Waals surface area contributed by atoms with E-state index < -0.39 is 0 Å². The van der Waals surface area contributed by atoms with Crippen LogP contribution in [0.4, 0.5) is 5.95 Å². The van der Waals surface area contributed by atoms with E-state index in [0.717, 1.165) is 33.3 Å². The van der Waals surface area contributed by atoms with Crippen molar-refractivity contribution in [1.82, 2.24) is 34.0 Å². The first-order valence-electron chi connectivity index (χ1n) is 10.4. The van der Waals surface area contributed by atoms with Crippen molar-refractivity contribution in [2.45, 2.75) is 6.04 Å². The number of pyridine rings is 1. The van der Waals surface area contributed by atoms with E-state index in [2.05, 4.69) is 20.1 Å². The Morgan fingerprint density at radius 2 is 2.09 bits per heavy atom. The second kappa shape index (κ2) is 7.02. The van der Waals surface area contributed by atoms with Gasteiger partial charge in [0, 0.05) is 36.8 Å². The van der Waals surface area contributed by atoms with Crippen LogP contribution in [0.25, 0.3) is 27.5 Å². The molecule has 0 saturated heterocycles. The number of aryl methyl sites for hydroxylation is 1. The van der Waals surface area contributed by atoms with E-state index in [0.29, 0.717) is 23.8 Å². The Morgan fingerprint density at radius 1 is 1.21 bits per heavy atom. The van der Waals surface area contributed by atoms with Gasteiger partial charge in [-0.15, -0.1) is 0 Å². The molecule has 1 aliphatic rings. The molecule has 5 aromatic rings. The molecule has 0 fully saturated rings. The molecule has 0 unspecified atom stereocenters. The molecule has 1 aromatic carbocycles. The van der Waals surface area contributed by atoms with Crippen LogP contribution in [0.15, 0.2) is 55.4 Å². The van der Waals surface area contributed by atoms with Gasteiger partial charge in [-0.2, -0.15) is 5.10 Å². The number of carbonyl (C=O) groups excluding carboxylic acids is 1. The fourth-order valence-electron chi connectivity index (χ4n) is 4.30. The quantitative estimate of drug-likeness (QED) is 0.458. The molecule has 0 aliphatic carbocycles. The number of hydrogen-bond donors (Lipinski definition) is 1. The Bertz CT molecular complexity index is 1550. The van der Waals surface area contributed by atoms with Crippen LogP contribution in [-0.4, -0.2) is 53.6 Å². The lowest BCUT2D eigenvalue weighted by Gasteiger charge is -2.23. The minimum Gasteiger partial charge on any atom is -0.491 e. The molecule has 10 heteroatoms. The Morgan fingerprint density at radius 3 is 2.91 bits per heavy atom. The highest BCUT2D eigenvalue weighted by Gasteiger charge is 2.31. The molecule has 10 nitrogen and oxygen atoms in total. The van der Waals surface area contributed by atoms with Crippen molar-refractivity contribution in [3.8, 4) is 16.9 Å². The number of benzene rings is 1. The van der Waals surface area contributed by atoms with Crippen LogP contribution >= 0.6 is 0 Å². The third-order valence-corrected chi connectivity index (χ3v) is 6.09. The third-order valence-electron chi connectivity index (χ3n) is 6.09. The van der Waals surface area contributed by atoms with Gasteiger partial charge in [-0.05, 0) is 17.7 Å². The summed E-state index contributed by atoms with van der Waals surface area (Å²) >= 11 is 0. The van der Waals surface area contributed by atoms with E-state index in [9.17, 15) is 4.79 Å². The van der Waals surface area contributed by atoms with E-state index in [4.69, 9.17) is 10.5 Å². The van der Waals surface area contributed by atoms with Gasteiger partial charge in [-0.1, -0.05) is 12.1 Å². The number of nitrogens with two attached hydrogens (primary N) is 1. The van der Waals surface area contributed by atoms with Crippen LogP contribution in [0.3, 0.4) is 0 Å². The number of hydrogen-bond acceptors (Lipinski definition) is 7. The predicted octanol–water partition coefficient (Wildman–Crippen LogP) is 2.47. The van der Waals surface area contributed by atoms with Gasteiger partial charge in [-0.25, -0.2) is 15.0 Å². The first-order valence-corrected chi connectivity index (χ1v) is 10.4. The maximum Gasteiger partial charge on any atom is 0.272 e. The fraction of sp³-hybridized carbons (Fsp3) is 0.174. The molecule has 164 valence electrons. The number of carbonyl (C=O) groups is 1. The Hall–Kier alpha value is -4.47. The van der Waals surface area contributed by atoms with E-state index in [1.54, 1.807) is 45.8 Å². The van der Waals surface area contributed by atoms with Crippen LogP contribution in [0, 0.1) is 0 Å². The van der Waals surface area contributed by atoms with Crippen LogP contribution < -0.4 is 10.5 Å². The van der Waals surface area contributed by atoms with Gasteiger partial charge in [0.05, 0.1) is 35.7 Å². The van der Waals surface area contributed by atoms with E-state index in [1.165, 1.54) is 0 Å². The topological polar surface area (TPSA) is 116 Å². The average molecular weight is 440 g/mol. The number of rotatable bonds is 3. The Labute approximate surface area is 188 Å². The zero-order valence-electron chi connectivity index (χ0n) is 18.0. The summed E-state index contributed by atoms with van der Waals surface area (Å²) in [6.45, 7) is 0.382. The number of nitrogens with zero attached hydrogens (tertiary/aromatic N) is 7. The second-order valence-electron chi connectivity index (χ2n) is 8.10. The first-order chi connectivity index (χ1) is 16.0. The molecule has 0 saturated carbocycles. The molecule has 2 N–H and O–H groups in total. The zero-order chi connectivity index (χ0) is 22.7. The van der Waals surface area contributed by atoms with Crippen molar-refractivity contribution in [2.75, 3.05) is 19.4 Å². The summed E-state index contributed by atoms with van der Waals surface area (Å²) in [5.41, 5.74) is 10.7. The molecule has 1 aliphatic heterocycles. The Kier molecular flexibility index (Phi) is 4.09. The number of likely N-dealkylation sites (N-methyl/N-ethyl adjacent to an activating group) is 1. The fourth-order valence-corrected chi connectivity index (χ4v) is 4.30. The summed E-state index contributed by atoms with van der Waals surface area (Å²) in [4.78, 5) is 27.9. The number of aromatic nitrogens is 6. The van der Waals surface area contributed by atoms with Gasteiger partial charge in [-0.3, -0.25) is 13.9 Å². The average Bonchev–Trinajstić information content (AvgIpc) is 3.57. The maximum atomic E-state index is 13.3. The highest BCUT2D eigenvalue weighted by Crippen LogP contribution is 2.38. The standard InChI is InChI=1S/C23H20N8O2/c1-29-10-14(7-27-29)13-3-4-15-20(11-33-21(15)5-13)30(2)22(32)17-6-16-18(8-26-17)28-23(24)31-12-25-9-19(16)31/h3-10,12,20H,11H2,1-2H3,(H2,24,28)/t20-/m1/s1. The van der Waals surface area contributed by atoms with Gasteiger partial charge < -0.3 is 15.4 Å². The summed E-state index contributed by atoms with van der Waals surface area (Å²) < 4.78 is 9.38. The SMILES string of the molecule is CN(C(=O)c1cc2c(cn1)nc(N)n1cncc21)[C@@H]1COc2cc(-c3cnn(C)c3)ccc21. The van der Waals surface area contributed by atoms with Crippen LogP contribution in [0.5, 0.6) is 5.75 Å². The monoisotopic (exact) mass is 440 g/mol. The van der Waals surface area contributed by atoms with Crippen molar-refractivity contribution in [1.29, 1.82) is 0 Å². The smallest absolute Gasteiger partial charge is 0.272 e. The molecule has 6 rings (SSSR count). The molecule has 33 heavy (non-hydrogen) atoms. The molecule has 5 heterocycles. The number of nitrogen functional groups attached to an aromatic ring is 1.